The topological polar surface area (TPSA) is 67.9 Å². The zero-order chi connectivity index (χ0) is 26.4. The van der Waals surface area contributed by atoms with Crippen LogP contribution in [0.2, 0.25) is 0 Å². The fourth-order valence-corrected chi connectivity index (χ4v) is 4.78. The average Bonchev–Trinajstić information content (AvgIpc) is 3.32. The minimum atomic E-state index is -0.662. The smallest absolute Gasteiger partial charge is 0.243 e. The van der Waals surface area contributed by atoms with Crippen LogP contribution in [0, 0.1) is 0 Å². The lowest BCUT2D eigenvalue weighted by Gasteiger charge is -2.34. The summed E-state index contributed by atoms with van der Waals surface area (Å²) in [5, 5.41) is 3.10. The highest BCUT2D eigenvalue weighted by Crippen LogP contribution is 2.33. The van der Waals surface area contributed by atoms with Crippen LogP contribution in [0.4, 0.5) is 0 Å². The Morgan fingerprint density at radius 2 is 1.65 bits per heavy atom. The van der Waals surface area contributed by atoms with Crippen LogP contribution in [0.15, 0.2) is 77.3 Å². The molecule has 37 heavy (non-hydrogen) atoms. The Hall–Kier alpha value is -3.32. The number of hydrogen-bond acceptors (Lipinski definition) is 4. The molecule has 0 bridgehead atoms. The van der Waals surface area contributed by atoms with Gasteiger partial charge in [-0.1, -0.05) is 64.5 Å². The molecule has 1 atom stereocenters. The van der Waals surface area contributed by atoms with Gasteiger partial charge in [0.05, 0.1) is 0 Å². The molecule has 0 saturated carbocycles. The van der Waals surface area contributed by atoms with E-state index in [0.29, 0.717) is 30.9 Å². The molecule has 2 amide bonds. The molecule has 3 aromatic carbocycles. The van der Waals surface area contributed by atoms with Gasteiger partial charge in [-0.2, -0.15) is 0 Å². The lowest BCUT2D eigenvalue weighted by atomic mass is 9.99. The number of nitrogens with zero attached hydrogens (tertiary/aromatic N) is 1. The summed E-state index contributed by atoms with van der Waals surface area (Å²) >= 11 is 3.53. The van der Waals surface area contributed by atoms with Gasteiger partial charge in [-0.25, -0.2) is 0 Å². The number of hydrogen-bond donors (Lipinski definition) is 1. The molecule has 4 rings (SSSR count). The molecule has 1 aliphatic rings. The summed E-state index contributed by atoms with van der Waals surface area (Å²) in [6.07, 6.45) is 1.22. The van der Waals surface area contributed by atoms with Crippen molar-refractivity contribution in [1.29, 1.82) is 0 Å². The zero-order valence-corrected chi connectivity index (χ0v) is 23.1. The van der Waals surface area contributed by atoms with Gasteiger partial charge in [0.2, 0.25) is 18.6 Å². The number of amides is 2. The maximum atomic E-state index is 13.8. The van der Waals surface area contributed by atoms with Crippen molar-refractivity contribution in [2.45, 2.75) is 58.2 Å². The summed E-state index contributed by atoms with van der Waals surface area (Å²) in [7, 11) is 0. The maximum Gasteiger partial charge on any atom is 0.243 e. The molecule has 1 aliphatic heterocycles. The molecule has 7 heteroatoms. The SMILES string of the molecule is CC(C)(C)NC(=O)[C@H](Cc1ccccc1)N(Cc1cccc(Br)c1)C(=O)CCc1ccc2c(c1)OCO2. The summed E-state index contributed by atoms with van der Waals surface area (Å²) in [6.45, 7) is 6.39. The Balaban J connectivity index is 1.61. The van der Waals surface area contributed by atoms with Gasteiger partial charge in [-0.3, -0.25) is 9.59 Å². The molecule has 0 radical (unpaired) electrons. The predicted molar refractivity (Wildman–Crippen MR) is 147 cm³/mol. The number of benzene rings is 3. The second-order valence-corrected chi connectivity index (χ2v) is 11.2. The lowest BCUT2D eigenvalue weighted by Crippen LogP contribution is -2.54. The van der Waals surface area contributed by atoms with Gasteiger partial charge in [0, 0.05) is 29.4 Å². The molecule has 3 aromatic rings. The van der Waals surface area contributed by atoms with Crippen molar-refractivity contribution in [2.24, 2.45) is 0 Å². The number of carbonyl (C=O) groups is 2. The lowest BCUT2D eigenvalue weighted by molar-refractivity contribution is -0.141. The quantitative estimate of drug-likeness (QED) is 0.364. The third-order valence-electron chi connectivity index (χ3n) is 6.08. The molecule has 1 N–H and O–H groups in total. The minimum absolute atomic E-state index is 0.0809. The molecule has 0 aromatic heterocycles. The van der Waals surface area contributed by atoms with Crippen molar-refractivity contribution < 1.29 is 19.1 Å². The highest BCUT2D eigenvalue weighted by molar-refractivity contribution is 9.10. The summed E-state index contributed by atoms with van der Waals surface area (Å²) in [4.78, 5) is 29.2. The molecule has 0 spiro atoms. The standard InChI is InChI=1S/C30H33BrN2O4/c1-30(2,3)32-29(35)25(17-21-8-5-4-6-9-21)33(19-23-10-7-11-24(31)16-23)28(34)15-13-22-12-14-26-27(18-22)37-20-36-26/h4-12,14,16,18,25H,13,15,17,19-20H2,1-3H3,(H,32,35)/t25-/m0/s1. The van der Waals surface area contributed by atoms with Crippen molar-refractivity contribution in [3.8, 4) is 11.5 Å². The van der Waals surface area contributed by atoms with Crippen LogP contribution >= 0.6 is 15.9 Å². The number of aryl methyl sites for hydroxylation is 1. The van der Waals surface area contributed by atoms with E-state index in [2.05, 4.69) is 21.2 Å². The van der Waals surface area contributed by atoms with Crippen molar-refractivity contribution in [3.63, 3.8) is 0 Å². The van der Waals surface area contributed by atoms with Crippen molar-refractivity contribution in [3.05, 3.63) is 94.0 Å². The van der Waals surface area contributed by atoms with Crippen LogP contribution in [0.25, 0.3) is 0 Å². The van der Waals surface area contributed by atoms with Crippen LogP contribution in [-0.4, -0.2) is 35.1 Å². The molecule has 6 nitrogen and oxygen atoms in total. The van der Waals surface area contributed by atoms with Gasteiger partial charge in [0.1, 0.15) is 6.04 Å². The highest BCUT2D eigenvalue weighted by atomic mass is 79.9. The van der Waals surface area contributed by atoms with E-state index < -0.39 is 11.6 Å². The average molecular weight is 566 g/mol. The van der Waals surface area contributed by atoms with E-state index in [1.807, 2.05) is 93.6 Å². The van der Waals surface area contributed by atoms with Crippen LogP contribution in [-0.2, 0) is 29.0 Å². The predicted octanol–water partition coefficient (Wildman–Crippen LogP) is 5.67. The van der Waals surface area contributed by atoms with E-state index in [9.17, 15) is 9.59 Å². The first-order chi connectivity index (χ1) is 17.7. The largest absolute Gasteiger partial charge is 0.454 e. The molecule has 194 valence electrons. The summed E-state index contributed by atoms with van der Waals surface area (Å²) in [5.74, 6) is 1.17. The molecule has 0 fully saturated rings. The maximum absolute atomic E-state index is 13.8. The van der Waals surface area contributed by atoms with Crippen molar-refractivity contribution in [2.75, 3.05) is 6.79 Å². The van der Waals surface area contributed by atoms with Gasteiger partial charge < -0.3 is 19.7 Å². The normalized spacial score (nSPS) is 13.2. The molecule has 0 saturated heterocycles. The first-order valence-electron chi connectivity index (χ1n) is 12.5. The van der Waals surface area contributed by atoms with Crippen LogP contribution in [0.1, 0.15) is 43.9 Å². The zero-order valence-electron chi connectivity index (χ0n) is 21.5. The Labute approximate surface area is 227 Å². The minimum Gasteiger partial charge on any atom is -0.454 e. The second kappa shape index (κ2) is 11.8. The van der Waals surface area contributed by atoms with Crippen molar-refractivity contribution >= 4 is 27.7 Å². The first-order valence-corrected chi connectivity index (χ1v) is 13.3. The van der Waals surface area contributed by atoms with E-state index >= 15 is 0 Å². The first kappa shape index (κ1) is 26.7. The second-order valence-electron chi connectivity index (χ2n) is 10.3. The Kier molecular flexibility index (Phi) is 8.54. The van der Waals surface area contributed by atoms with Crippen LogP contribution in [0.3, 0.4) is 0 Å². The molecule has 1 heterocycles. The Morgan fingerprint density at radius 1 is 0.919 bits per heavy atom. The Bertz CT molecular complexity index is 1240. The third-order valence-corrected chi connectivity index (χ3v) is 6.57. The monoisotopic (exact) mass is 564 g/mol. The van der Waals surface area contributed by atoms with Gasteiger partial charge in [-0.05, 0) is 68.1 Å². The highest BCUT2D eigenvalue weighted by Gasteiger charge is 2.32. The van der Waals surface area contributed by atoms with Gasteiger partial charge in [0.25, 0.3) is 0 Å². The van der Waals surface area contributed by atoms with Gasteiger partial charge in [-0.15, -0.1) is 0 Å². The third kappa shape index (κ3) is 7.59. The number of rotatable bonds is 9. The number of ether oxygens (including phenoxy) is 2. The molecular formula is C30H33BrN2O4. The fourth-order valence-electron chi connectivity index (χ4n) is 4.33. The van der Waals surface area contributed by atoms with E-state index in [-0.39, 0.29) is 25.0 Å². The summed E-state index contributed by atoms with van der Waals surface area (Å²) < 4.78 is 11.8. The molecule has 0 unspecified atom stereocenters. The number of carbonyl (C=O) groups excluding carboxylic acids is 2. The molecule has 0 aliphatic carbocycles. The summed E-state index contributed by atoms with van der Waals surface area (Å²) in [5.41, 5.74) is 2.51. The van der Waals surface area contributed by atoms with Gasteiger partial charge >= 0.3 is 0 Å². The van der Waals surface area contributed by atoms with E-state index in [4.69, 9.17) is 9.47 Å². The fraction of sp³-hybridized carbons (Fsp3) is 0.333. The molecular weight excluding hydrogens is 532 g/mol. The number of halogens is 1. The number of nitrogens with one attached hydrogen (secondary N) is 1. The van der Waals surface area contributed by atoms with E-state index in [1.54, 1.807) is 4.90 Å². The van der Waals surface area contributed by atoms with E-state index in [0.717, 1.165) is 21.2 Å². The Morgan fingerprint density at radius 3 is 2.38 bits per heavy atom. The van der Waals surface area contributed by atoms with Crippen LogP contribution < -0.4 is 14.8 Å². The summed E-state index contributed by atoms with van der Waals surface area (Å²) in [6, 6.07) is 22.8. The van der Waals surface area contributed by atoms with Crippen LogP contribution in [0.5, 0.6) is 11.5 Å². The van der Waals surface area contributed by atoms with E-state index in [1.165, 1.54) is 0 Å². The number of fused-ring (bicyclic) bond motifs is 1. The van der Waals surface area contributed by atoms with Crippen molar-refractivity contribution in [1.82, 2.24) is 10.2 Å². The van der Waals surface area contributed by atoms with Gasteiger partial charge in [0.15, 0.2) is 11.5 Å².